The van der Waals surface area contributed by atoms with Gasteiger partial charge in [0.15, 0.2) is 5.65 Å². The zero-order chi connectivity index (χ0) is 25.4. The summed E-state index contributed by atoms with van der Waals surface area (Å²) in [5, 5.41) is 18.6. The minimum atomic E-state index is -0.611. The minimum absolute atomic E-state index is 0.0117. The van der Waals surface area contributed by atoms with E-state index in [0.29, 0.717) is 35.6 Å². The number of likely N-dealkylation sites (tertiary alicyclic amines) is 1. The van der Waals surface area contributed by atoms with Gasteiger partial charge in [-0.15, -0.1) is 0 Å². The van der Waals surface area contributed by atoms with Gasteiger partial charge in [-0.1, -0.05) is 11.6 Å². The molecule has 0 spiro atoms. The maximum atomic E-state index is 12.2. The molecule has 0 bridgehead atoms. The summed E-state index contributed by atoms with van der Waals surface area (Å²) in [7, 11) is 0. The number of aromatic nitrogens is 4. The maximum Gasteiger partial charge on any atom is 0.225 e. The number of pyridine rings is 1. The normalized spacial score (nSPS) is 15.6. The van der Waals surface area contributed by atoms with Crippen LogP contribution in [0.1, 0.15) is 37.4 Å². The highest BCUT2D eigenvalue weighted by Gasteiger charge is 2.24. The Morgan fingerprint density at radius 3 is 2.81 bits per heavy atom. The van der Waals surface area contributed by atoms with Gasteiger partial charge in [0, 0.05) is 48.4 Å². The first-order chi connectivity index (χ1) is 17.3. The second kappa shape index (κ2) is 10.1. The van der Waals surface area contributed by atoms with E-state index in [-0.39, 0.29) is 18.4 Å². The highest BCUT2D eigenvalue weighted by atomic mass is 79.9. The third kappa shape index (κ3) is 4.93. The Hall–Kier alpha value is -3.08. The third-order valence-electron chi connectivity index (χ3n) is 6.71. The van der Waals surface area contributed by atoms with E-state index in [2.05, 4.69) is 56.5 Å². The van der Waals surface area contributed by atoms with Crippen LogP contribution in [0.25, 0.3) is 27.7 Å². The van der Waals surface area contributed by atoms with Crippen LogP contribution in [-0.4, -0.2) is 60.7 Å². The molecule has 0 unspecified atom stereocenters. The van der Waals surface area contributed by atoms with E-state index >= 15 is 0 Å². The molecule has 188 valence electrons. The minimum Gasteiger partial charge on any atom is -0.393 e. The lowest BCUT2D eigenvalue weighted by molar-refractivity contribution is -0.134. The number of benzene rings is 1. The number of nitrogen functional groups attached to an aromatic ring is 1. The van der Waals surface area contributed by atoms with Crippen molar-refractivity contribution in [3.8, 4) is 11.1 Å². The lowest BCUT2D eigenvalue weighted by Gasteiger charge is -2.33. The average molecular weight is 552 g/mol. The number of fused-ring (bicyclic) bond motifs is 2. The van der Waals surface area contributed by atoms with Crippen LogP contribution in [0.15, 0.2) is 41.1 Å². The quantitative estimate of drug-likeness (QED) is 0.335. The second-order valence-corrected chi connectivity index (χ2v) is 10.4. The van der Waals surface area contributed by atoms with Gasteiger partial charge in [0.1, 0.15) is 5.82 Å². The molecule has 1 saturated heterocycles. The van der Waals surface area contributed by atoms with Crippen LogP contribution in [0.5, 0.6) is 0 Å². The van der Waals surface area contributed by atoms with E-state index in [1.165, 1.54) is 5.56 Å². The number of aliphatic hydroxyl groups excluding tert-OH is 1. The summed E-state index contributed by atoms with van der Waals surface area (Å²) in [5.74, 6) is 0.504. The Kier molecular flexibility index (Phi) is 6.92. The number of carbonyl (C=O) groups is 1. The number of nitrogens with one attached hydrogen (secondary N) is 1. The molecular weight excluding hydrogens is 522 g/mol. The van der Waals surface area contributed by atoms with Crippen molar-refractivity contribution in [2.45, 2.75) is 51.8 Å². The number of aryl methyl sites for hydroxylation is 1. The summed E-state index contributed by atoms with van der Waals surface area (Å²) in [6, 6.07) is 8.57. The average Bonchev–Trinajstić information content (AvgIpc) is 3.28. The number of piperidine rings is 1. The van der Waals surface area contributed by atoms with E-state index < -0.39 is 6.10 Å². The number of anilines is 1. The number of nitrogens with zero attached hydrogens (tertiary/aromatic N) is 5. The van der Waals surface area contributed by atoms with Gasteiger partial charge in [-0.2, -0.15) is 9.61 Å². The fraction of sp³-hybridized carbons (Fsp3) is 0.385. The molecule has 4 heterocycles. The van der Waals surface area contributed by atoms with Crippen LogP contribution < -0.4 is 11.1 Å². The molecule has 4 aromatic rings. The fourth-order valence-electron chi connectivity index (χ4n) is 4.72. The maximum absolute atomic E-state index is 12.2. The zero-order valence-electron chi connectivity index (χ0n) is 20.4. The Bertz CT molecular complexity index is 1430. The number of carbonyl (C=O) groups excluding carboxylic acids is 1. The molecule has 0 aliphatic carbocycles. The summed E-state index contributed by atoms with van der Waals surface area (Å²) in [6.07, 6.45) is 4.89. The number of aliphatic hydroxyl groups is 1. The predicted molar refractivity (Wildman–Crippen MR) is 143 cm³/mol. The summed E-state index contributed by atoms with van der Waals surface area (Å²) < 4.78 is 2.37. The topological polar surface area (TPSA) is 122 Å². The molecule has 1 aliphatic rings. The van der Waals surface area contributed by atoms with Crippen LogP contribution in [-0.2, 0) is 11.3 Å². The van der Waals surface area contributed by atoms with Crippen molar-refractivity contribution in [1.82, 2.24) is 29.8 Å². The molecule has 1 aliphatic heterocycles. The first kappa shape index (κ1) is 24.6. The monoisotopic (exact) mass is 551 g/mol. The standard InChI is InChI=1S/C26H30BrN7O2/c1-15-3-4-21-17(9-15)11-18(12-30-21)20-13-31-34-25(28)24(27)22(32-26(20)34)14-29-19-5-7-33(8-6-19)23(36)10-16(2)35/h3-4,9,11-13,16,19,29,35H,5-8,10,14,28H2,1-2H3/t16-/m1/s1. The van der Waals surface area contributed by atoms with Crippen molar-refractivity contribution < 1.29 is 9.90 Å². The van der Waals surface area contributed by atoms with Crippen LogP contribution in [0.3, 0.4) is 0 Å². The molecular formula is C26H30BrN7O2. The van der Waals surface area contributed by atoms with Crippen LogP contribution in [0.2, 0.25) is 0 Å². The second-order valence-electron chi connectivity index (χ2n) is 9.56. The number of halogens is 1. The Morgan fingerprint density at radius 2 is 2.06 bits per heavy atom. The molecule has 1 atom stereocenters. The van der Waals surface area contributed by atoms with Gasteiger partial charge in [0.05, 0.1) is 34.4 Å². The van der Waals surface area contributed by atoms with Crippen LogP contribution in [0.4, 0.5) is 5.82 Å². The van der Waals surface area contributed by atoms with Gasteiger partial charge in [-0.25, -0.2) is 4.98 Å². The highest BCUT2D eigenvalue weighted by Crippen LogP contribution is 2.31. The molecule has 10 heteroatoms. The summed E-state index contributed by atoms with van der Waals surface area (Å²) in [6.45, 7) is 5.61. The van der Waals surface area contributed by atoms with Crippen LogP contribution in [0, 0.1) is 6.92 Å². The predicted octanol–water partition coefficient (Wildman–Crippen LogP) is 3.45. The van der Waals surface area contributed by atoms with Crippen molar-refractivity contribution in [2.75, 3.05) is 18.8 Å². The molecule has 0 saturated carbocycles. The first-order valence-corrected chi connectivity index (χ1v) is 13.0. The summed E-state index contributed by atoms with van der Waals surface area (Å²) >= 11 is 3.61. The Labute approximate surface area is 217 Å². The molecule has 1 fully saturated rings. The van der Waals surface area contributed by atoms with Gasteiger partial charge in [-0.3, -0.25) is 9.78 Å². The van der Waals surface area contributed by atoms with E-state index in [4.69, 9.17) is 10.7 Å². The van der Waals surface area contributed by atoms with Gasteiger partial charge in [-0.05, 0) is 60.8 Å². The summed E-state index contributed by atoms with van der Waals surface area (Å²) in [5.41, 5.74) is 11.8. The van der Waals surface area contributed by atoms with Crippen LogP contribution >= 0.6 is 15.9 Å². The van der Waals surface area contributed by atoms with Gasteiger partial charge < -0.3 is 21.1 Å². The molecule has 1 aromatic carbocycles. The largest absolute Gasteiger partial charge is 0.393 e. The van der Waals surface area contributed by atoms with Gasteiger partial charge in [0.25, 0.3) is 0 Å². The molecule has 1 amide bonds. The summed E-state index contributed by atoms with van der Waals surface area (Å²) in [4.78, 5) is 23.6. The Balaban J connectivity index is 1.35. The van der Waals surface area contributed by atoms with E-state index in [9.17, 15) is 9.90 Å². The molecule has 5 rings (SSSR count). The van der Waals surface area contributed by atoms with Gasteiger partial charge >= 0.3 is 0 Å². The van der Waals surface area contributed by atoms with E-state index in [0.717, 1.165) is 40.6 Å². The van der Waals surface area contributed by atoms with E-state index in [1.54, 1.807) is 17.6 Å². The molecule has 9 nitrogen and oxygen atoms in total. The number of nitrogens with two attached hydrogens (primary N) is 1. The highest BCUT2D eigenvalue weighted by molar-refractivity contribution is 9.10. The van der Waals surface area contributed by atoms with Crippen molar-refractivity contribution in [2.24, 2.45) is 0 Å². The molecule has 0 radical (unpaired) electrons. The van der Waals surface area contributed by atoms with Crippen molar-refractivity contribution in [3.63, 3.8) is 0 Å². The number of hydrogen-bond donors (Lipinski definition) is 3. The number of amides is 1. The molecule has 4 N–H and O–H groups in total. The fourth-order valence-corrected chi connectivity index (χ4v) is 5.12. The number of rotatable bonds is 6. The van der Waals surface area contributed by atoms with Crippen molar-refractivity contribution in [1.29, 1.82) is 0 Å². The SMILES string of the molecule is Cc1ccc2ncc(-c3cnn4c(N)c(Br)c(CNC5CCN(C(=O)C[C@@H](C)O)CC5)nc34)cc2c1. The Morgan fingerprint density at radius 1 is 1.28 bits per heavy atom. The zero-order valence-corrected chi connectivity index (χ0v) is 22.0. The van der Waals surface area contributed by atoms with E-state index in [1.807, 2.05) is 17.2 Å². The van der Waals surface area contributed by atoms with Crippen molar-refractivity contribution in [3.05, 3.63) is 52.4 Å². The van der Waals surface area contributed by atoms with Crippen molar-refractivity contribution >= 4 is 44.2 Å². The lowest BCUT2D eigenvalue weighted by Crippen LogP contribution is -2.45. The number of hydrogen-bond acceptors (Lipinski definition) is 7. The molecule has 3 aromatic heterocycles. The smallest absolute Gasteiger partial charge is 0.225 e. The van der Waals surface area contributed by atoms with Gasteiger partial charge in [0.2, 0.25) is 5.91 Å². The first-order valence-electron chi connectivity index (χ1n) is 12.2. The molecule has 36 heavy (non-hydrogen) atoms. The third-order valence-corrected chi connectivity index (χ3v) is 7.58. The lowest BCUT2D eigenvalue weighted by atomic mass is 10.0.